The molecule has 6 nitrogen and oxygen atoms in total. The van der Waals surface area contributed by atoms with Crippen molar-refractivity contribution in [1.29, 1.82) is 0 Å². The Balaban J connectivity index is 0.00000160. The van der Waals surface area contributed by atoms with E-state index in [0.717, 1.165) is 25.1 Å². The van der Waals surface area contributed by atoms with Crippen LogP contribution in [0.2, 0.25) is 0 Å². The molecule has 0 saturated carbocycles. The number of amides is 1. The molecule has 1 atom stereocenters. The van der Waals surface area contributed by atoms with Crippen LogP contribution in [0.1, 0.15) is 35.5 Å². The van der Waals surface area contributed by atoms with Gasteiger partial charge in [0.25, 0.3) is 5.89 Å². The molecule has 0 aliphatic carbocycles. The van der Waals surface area contributed by atoms with Crippen LogP contribution in [0.25, 0.3) is 11.7 Å². The van der Waals surface area contributed by atoms with Crippen LogP contribution in [0.4, 0.5) is 0 Å². The number of benzene rings is 1. The number of hydrogen-bond donors (Lipinski definition) is 1. The van der Waals surface area contributed by atoms with Crippen LogP contribution in [0, 0.1) is 6.92 Å². The summed E-state index contributed by atoms with van der Waals surface area (Å²) in [6, 6.07) is 12.2. The van der Waals surface area contributed by atoms with E-state index in [4.69, 9.17) is 8.83 Å². The van der Waals surface area contributed by atoms with E-state index in [1.165, 1.54) is 5.56 Å². The molecule has 1 unspecified atom stereocenters. The van der Waals surface area contributed by atoms with E-state index in [2.05, 4.69) is 41.5 Å². The highest BCUT2D eigenvalue weighted by Crippen LogP contribution is 2.26. The molecule has 3 heterocycles. The SMILES string of the molecule is CCc1ccc(C2CNCCN2C(=O)Cc2nc(-c3ccco3)oc2C)cc1.Cl.Cl. The Morgan fingerprint density at radius 1 is 1.23 bits per heavy atom. The van der Waals surface area contributed by atoms with Gasteiger partial charge in [-0.25, -0.2) is 4.98 Å². The van der Waals surface area contributed by atoms with Gasteiger partial charge in [0.2, 0.25) is 5.91 Å². The molecule has 30 heavy (non-hydrogen) atoms. The average Bonchev–Trinajstić information content (AvgIpc) is 3.38. The van der Waals surface area contributed by atoms with E-state index in [-0.39, 0.29) is 43.2 Å². The van der Waals surface area contributed by atoms with Gasteiger partial charge >= 0.3 is 0 Å². The molecular formula is C22H27Cl2N3O3. The zero-order valence-corrected chi connectivity index (χ0v) is 18.7. The first-order valence-corrected chi connectivity index (χ1v) is 9.75. The molecule has 1 aliphatic heterocycles. The van der Waals surface area contributed by atoms with E-state index in [9.17, 15) is 4.79 Å². The summed E-state index contributed by atoms with van der Waals surface area (Å²) in [5.41, 5.74) is 3.12. The summed E-state index contributed by atoms with van der Waals surface area (Å²) in [6.07, 6.45) is 2.81. The van der Waals surface area contributed by atoms with Gasteiger partial charge in [0.05, 0.1) is 24.4 Å². The molecule has 1 aliphatic rings. The summed E-state index contributed by atoms with van der Waals surface area (Å²) >= 11 is 0. The van der Waals surface area contributed by atoms with Crippen LogP contribution in [-0.4, -0.2) is 35.4 Å². The van der Waals surface area contributed by atoms with Crippen molar-refractivity contribution in [1.82, 2.24) is 15.2 Å². The minimum Gasteiger partial charge on any atom is -0.459 e. The third-order valence-electron chi connectivity index (χ3n) is 5.28. The second kappa shape index (κ2) is 10.7. The Hall–Kier alpha value is -2.28. The van der Waals surface area contributed by atoms with E-state index >= 15 is 0 Å². The average molecular weight is 452 g/mol. The number of aromatic nitrogens is 1. The lowest BCUT2D eigenvalue weighted by atomic mass is 10.0. The second-order valence-corrected chi connectivity index (χ2v) is 7.08. The van der Waals surface area contributed by atoms with Crippen molar-refractivity contribution in [3.8, 4) is 11.7 Å². The quantitative estimate of drug-likeness (QED) is 0.623. The van der Waals surface area contributed by atoms with Gasteiger partial charge in [-0.1, -0.05) is 31.2 Å². The highest BCUT2D eigenvalue weighted by molar-refractivity contribution is 5.85. The molecule has 162 valence electrons. The first kappa shape index (κ1) is 24.0. The number of aryl methyl sites for hydroxylation is 2. The first-order chi connectivity index (χ1) is 13.7. The highest BCUT2D eigenvalue weighted by Gasteiger charge is 2.29. The van der Waals surface area contributed by atoms with Gasteiger partial charge < -0.3 is 19.1 Å². The molecule has 3 aromatic rings. The van der Waals surface area contributed by atoms with Crippen molar-refractivity contribution in [2.45, 2.75) is 32.7 Å². The zero-order chi connectivity index (χ0) is 19.5. The van der Waals surface area contributed by atoms with Crippen LogP contribution < -0.4 is 5.32 Å². The lowest BCUT2D eigenvalue weighted by Gasteiger charge is -2.36. The molecule has 1 saturated heterocycles. The van der Waals surface area contributed by atoms with Gasteiger partial charge in [0.1, 0.15) is 5.76 Å². The Morgan fingerprint density at radius 3 is 2.67 bits per heavy atom. The molecule has 2 aromatic heterocycles. The van der Waals surface area contributed by atoms with Crippen molar-refractivity contribution in [2.75, 3.05) is 19.6 Å². The number of carbonyl (C=O) groups excluding carboxylic acids is 1. The van der Waals surface area contributed by atoms with Gasteiger partial charge in [-0.3, -0.25) is 4.79 Å². The maximum absolute atomic E-state index is 13.1. The predicted molar refractivity (Wildman–Crippen MR) is 120 cm³/mol. The van der Waals surface area contributed by atoms with Crippen molar-refractivity contribution in [3.63, 3.8) is 0 Å². The number of piperazine rings is 1. The summed E-state index contributed by atoms with van der Waals surface area (Å²) in [6.45, 7) is 6.21. The number of rotatable bonds is 5. The topological polar surface area (TPSA) is 71.5 Å². The number of nitrogens with zero attached hydrogens (tertiary/aromatic N) is 2. The molecule has 1 amide bonds. The van der Waals surface area contributed by atoms with Crippen LogP contribution in [0.15, 0.2) is 51.5 Å². The normalized spacial score (nSPS) is 15.9. The van der Waals surface area contributed by atoms with Crippen molar-refractivity contribution >= 4 is 30.7 Å². The third-order valence-corrected chi connectivity index (χ3v) is 5.28. The van der Waals surface area contributed by atoms with Crippen LogP contribution in [-0.2, 0) is 17.6 Å². The molecule has 0 radical (unpaired) electrons. The number of hydrogen-bond acceptors (Lipinski definition) is 5. The summed E-state index contributed by atoms with van der Waals surface area (Å²) < 4.78 is 11.0. The maximum Gasteiger partial charge on any atom is 0.263 e. The molecule has 4 rings (SSSR count). The number of oxazole rings is 1. The number of halogens is 2. The lowest BCUT2D eigenvalue weighted by molar-refractivity contribution is -0.133. The van der Waals surface area contributed by atoms with E-state index in [1.54, 1.807) is 18.4 Å². The maximum atomic E-state index is 13.1. The molecule has 8 heteroatoms. The minimum atomic E-state index is 0. The number of furan rings is 1. The predicted octanol–water partition coefficient (Wildman–Crippen LogP) is 4.36. The van der Waals surface area contributed by atoms with E-state index in [0.29, 0.717) is 29.6 Å². The third kappa shape index (κ3) is 5.06. The molecule has 1 N–H and O–H groups in total. The lowest BCUT2D eigenvalue weighted by Crippen LogP contribution is -2.49. The Bertz CT molecular complexity index is 939. The van der Waals surface area contributed by atoms with Gasteiger partial charge in [0, 0.05) is 19.6 Å². The van der Waals surface area contributed by atoms with Crippen molar-refractivity contribution < 1.29 is 13.6 Å². The summed E-state index contributed by atoms with van der Waals surface area (Å²) in [4.78, 5) is 19.6. The fourth-order valence-corrected chi connectivity index (χ4v) is 3.62. The molecular weight excluding hydrogens is 425 g/mol. The van der Waals surface area contributed by atoms with Crippen LogP contribution >= 0.6 is 24.8 Å². The summed E-state index contributed by atoms with van der Waals surface area (Å²) in [5, 5.41) is 3.40. The molecule has 0 bridgehead atoms. The second-order valence-electron chi connectivity index (χ2n) is 7.08. The fourth-order valence-electron chi connectivity index (χ4n) is 3.62. The minimum absolute atomic E-state index is 0. The number of nitrogens with one attached hydrogen (secondary N) is 1. The van der Waals surface area contributed by atoms with Gasteiger partial charge in [-0.2, -0.15) is 0 Å². The standard InChI is InChI=1S/C22H25N3O3.2ClH/c1-3-16-6-8-17(9-7-16)19-14-23-10-11-25(19)21(26)13-18-15(2)28-22(24-18)20-5-4-12-27-20;;/h4-9,12,19,23H,3,10-11,13-14H2,1-2H3;2*1H. The van der Waals surface area contributed by atoms with Crippen molar-refractivity contribution in [2.24, 2.45) is 0 Å². The van der Waals surface area contributed by atoms with E-state index < -0.39 is 0 Å². The van der Waals surface area contributed by atoms with Gasteiger partial charge in [0.15, 0.2) is 5.76 Å². The Morgan fingerprint density at radius 2 is 2.00 bits per heavy atom. The zero-order valence-electron chi connectivity index (χ0n) is 17.1. The monoisotopic (exact) mass is 451 g/mol. The highest BCUT2D eigenvalue weighted by atomic mass is 35.5. The fraction of sp³-hybridized carbons (Fsp3) is 0.364. The first-order valence-electron chi connectivity index (χ1n) is 9.75. The van der Waals surface area contributed by atoms with Crippen molar-refractivity contribution in [3.05, 3.63) is 65.2 Å². The van der Waals surface area contributed by atoms with Gasteiger partial charge in [-0.15, -0.1) is 24.8 Å². The molecule has 1 fully saturated rings. The Labute approximate surface area is 188 Å². The number of carbonyl (C=O) groups is 1. The Kier molecular flexibility index (Phi) is 8.53. The smallest absolute Gasteiger partial charge is 0.263 e. The molecule has 1 aromatic carbocycles. The molecule has 0 spiro atoms. The largest absolute Gasteiger partial charge is 0.459 e. The summed E-state index contributed by atoms with van der Waals surface area (Å²) in [7, 11) is 0. The summed E-state index contributed by atoms with van der Waals surface area (Å²) in [5.74, 6) is 1.70. The van der Waals surface area contributed by atoms with Gasteiger partial charge in [-0.05, 0) is 36.6 Å². The van der Waals surface area contributed by atoms with Crippen LogP contribution in [0.3, 0.4) is 0 Å². The van der Waals surface area contributed by atoms with E-state index in [1.807, 2.05) is 11.8 Å². The van der Waals surface area contributed by atoms with Crippen LogP contribution in [0.5, 0.6) is 0 Å².